The predicted molar refractivity (Wildman–Crippen MR) is 92.4 cm³/mol. The van der Waals surface area contributed by atoms with Crippen LogP contribution in [0.25, 0.3) is 11.4 Å². The van der Waals surface area contributed by atoms with Crippen LogP contribution in [0.5, 0.6) is 5.75 Å². The molecule has 23 heavy (non-hydrogen) atoms. The molecule has 1 atom stereocenters. The zero-order chi connectivity index (χ0) is 16.5. The van der Waals surface area contributed by atoms with Gasteiger partial charge in [0.05, 0.1) is 25.1 Å². The largest absolute Gasteiger partial charge is 0.490 e. The molecule has 0 saturated carbocycles. The molecule has 1 heterocycles. The summed E-state index contributed by atoms with van der Waals surface area (Å²) in [5, 5.41) is 10.1. The first-order valence-electron chi connectivity index (χ1n) is 8.48. The molecule has 1 N–H and O–H groups in total. The zero-order valence-corrected chi connectivity index (χ0v) is 14.0. The van der Waals surface area contributed by atoms with E-state index in [1.807, 2.05) is 31.2 Å². The van der Waals surface area contributed by atoms with Gasteiger partial charge in [0, 0.05) is 5.56 Å². The van der Waals surface area contributed by atoms with Gasteiger partial charge < -0.3 is 9.84 Å². The molecule has 1 unspecified atom stereocenters. The Hall–Kier alpha value is -1.94. The molecule has 4 heteroatoms. The second-order valence-corrected chi connectivity index (χ2v) is 5.66. The molecule has 0 aliphatic carbocycles. The van der Waals surface area contributed by atoms with Crippen LogP contribution in [-0.4, -0.2) is 21.7 Å². The fraction of sp³-hybridized carbons (Fsp3) is 0.474. The number of benzene rings is 1. The molecular weight excluding hydrogens is 288 g/mol. The van der Waals surface area contributed by atoms with Crippen LogP contribution in [0.1, 0.15) is 57.6 Å². The highest BCUT2D eigenvalue weighted by molar-refractivity contribution is 5.60. The Morgan fingerprint density at radius 1 is 1.04 bits per heavy atom. The van der Waals surface area contributed by atoms with E-state index < -0.39 is 6.10 Å². The molecule has 1 aromatic heterocycles. The maximum absolute atomic E-state index is 10.1. The van der Waals surface area contributed by atoms with E-state index >= 15 is 0 Å². The summed E-state index contributed by atoms with van der Waals surface area (Å²) in [5.41, 5.74) is 1.74. The molecule has 0 bridgehead atoms. The lowest BCUT2D eigenvalue weighted by Gasteiger charge is -2.13. The van der Waals surface area contributed by atoms with Gasteiger partial charge in [0.1, 0.15) is 0 Å². The number of aliphatic hydroxyl groups excluding tert-OH is 1. The van der Waals surface area contributed by atoms with Crippen molar-refractivity contribution < 1.29 is 9.84 Å². The van der Waals surface area contributed by atoms with E-state index in [1.165, 1.54) is 19.3 Å². The van der Waals surface area contributed by atoms with E-state index in [9.17, 15) is 5.11 Å². The third-order valence-electron chi connectivity index (χ3n) is 3.84. The van der Waals surface area contributed by atoms with Gasteiger partial charge in [-0.2, -0.15) is 0 Å². The van der Waals surface area contributed by atoms with Gasteiger partial charge in [-0.25, -0.2) is 9.97 Å². The van der Waals surface area contributed by atoms with Gasteiger partial charge in [-0.1, -0.05) is 57.4 Å². The lowest BCUT2D eigenvalue weighted by molar-refractivity contribution is 0.174. The number of hydrogen-bond donors (Lipinski definition) is 1. The number of unbranched alkanes of at least 4 members (excludes halogenated alkanes) is 3. The Balaban J connectivity index is 2.02. The number of ether oxygens (including phenoxy) is 1. The molecule has 2 rings (SSSR count). The number of rotatable bonds is 9. The first-order chi connectivity index (χ1) is 11.3. The highest BCUT2D eigenvalue weighted by atomic mass is 16.5. The molecule has 0 fully saturated rings. The summed E-state index contributed by atoms with van der Waals surface area (Å²) in [4.78, 5) is 8.79. The standard InChI is InChI=1S/C19H26N2O2/c1-3-5-6-9-12-23-15-13-20-19(21-14-15)17-11-8-7-10-16(17)18(22)4-2/h7-8,10-11,13-14,18,22H,3-6,9,12H2,1-2H3. The normalized spacial score (nSPS) is 12.1. The molecule has 0 aliphatic rings. The molecule has 1 aromatic carbocycles. The van der Waals surface area contributed by atoms with Crippen molar-refractivity contribution in [2.45, 2.75) is 52.1 Å². The third-order valence-corrected chi connectivity index (χ3v) is 3.84. The van der Waals surface area contributed by atoms with Crippen LogP contribution in [0.15, 0.2) is 36.7 Å². The number of nitrogens with zero attached hydrogens (tertiary/aromatic N) is 2. The van der Waals surface area contributed by atoms with E-state index in [1.54, 1.807) is 12.4 Å². The Morgan fingerprint density at radius 3 is 2.48 bits per heavy atom. The Bertz CT molecular complexity index is 584. The van der Waals surface area contributed by atoms with Gasteiger partial charge in [0.15, 0.2) is 11.6 Å². The molecule has 0 radical (unpaired) electrons. The van der Waals surface area contributed by atoms with Gasteiger partial charge >= 0.3 is 0 Å². The van der Waals surface area contributed by atoms with E-state index in [2.05, 4.69) is 16.9 Å². The highest BCUT2D eigenvalue weighted by Gasteiger charge is 2.13. The summed E-state index contributed by atoms with van der Waals surface area (Å²) in [7, 11) is 0. The van der Waals surface area contributed by atoms with Crippen molar-refractivity contribution in [2.75, 3.05) is 6.61 Å². The Labute approximate surface area is 138 Å². The van der Waals surface area contributed by atoms with Crippen molar-refractivity contribution in [3.05, 3.63) is 42.2 Å². The van der Waals surface area contributed by atoms with Crippen LogP contribution in [0.2, 0.25) is 0 Å². The minimum Gasteiger partial charge on any atom is -0.490 e. The van der Waals surface area contributed by atoms with Crippen LogP contribution in [-0.2, 0) is 0 Å². The average molecular weight is 314 g/mol. The van der Waals surface area contributed by atoms with Gasteiger partial charge in [0.2, 0.25) is 0 Å². The van der Waals surface area contributed by atoms with Crippen LogP contribution < -0.4 is 4.74 Å². The van der Waals surface area contributed by atoms with Gasteiger partial charge in [0.25, 0.3) is 0 Å². The second-order valence-electron chi connectivity index (χ2n) is 5.66. The van der Waals surface area contributed by atoms with E-state index in [4.69, 9.17) is 4.74 Å². The molecule has 0 amide bonds. The van der Waals surface area contributed by atoms with Gasteiger partial charge in [-0.15, -0.1) is 0 Å². The second kappa shape index (κ2) is 9.26. The van der Waals surface area contributed by atoms with E-state index in [0.717, 1.165) is 17.5 Å². The first kappa shape index (κ1) is 17.4. The SMILES string of the molecule is CCCCCCOc1cnc(-c2ccccc2C(O)CC)nc1. The van der Waals surface area contributed by atoms with Crippen molar-refractivity contribution in [2.24, 2.45) is 0 Å². The predicted octanol–water partition coefficient (Wildman–Crippen LogP) is 4.55. The maximum atomic E-state index is 10.1. The van der Waals surface area contributed by atoms with Crippen molar-refractivity contribution in [3.8, 4) is 17.1 Å². The molecule has 0 saturated heterocycles. The Kier molecular flexibility index (Phi) is 7.01. The highest BCUT2D eigenvalue weighted by Crippen LogP contribution is 2.27. The van der Waals surface area contributed by atoms with Crippen molar-refractivity contribution in [3.63, 3.8) is 0 Å². The summed E-state index contributed by atoms with van der Waals surface area (Å²) in [6.45, 7) is 4.85. The smallest absolute Gasteiger partial charge is 0.159 e. The van der Waals surface area contributed by atoms with Crippen molar-refractivity contribution in [1.29, 1.82) is 0 Å². The monoisotopic (exact) mass is 314 g/mol. The van der Waals surface area contributed by atoms with Gasteiger partial charge in [-0.05, 0) is 18.4 Å². The van der Waals surface area contributed by atoms with Crippen LogP contribution in [0.4, 0.5) is 0 Å². The molecule has 124 valence electrons. The summed E-state index contributed by atoms with van der Waals surface area (Å²) in [6.07, 6.45) is 8.30. The maximum Gasteiger partial charge on any atom is 0.159 e. The van der Waals surface area contributed by atoms with Crippen LogP contribution in [0.3, 0.4) is 0 Å². The summed E-state index contributed by atoms with van der Waals surface area (Å²) in [6, 6.07) is 7.72. The quantitative estimate of drug-likeness (QED) is 0.690. The van der Waals surface area contributed by atoms with Crippen LogP contribution in [0, 0.1) is 0 Å². The number of aliphatic hydroxyl groups is 1. The minimum atomic E-state index is -0.496. The lowest BCUT2D eigenvalue weighted by atomic mass is 10.0. The van der Waals surface area contributed by atoms with Crippen molar-refractivity contribution >= 4 is 0 Å². The molecular formula is C19H26N2O2. The lowest BCUT2D eigenvalue weighted by Crippen LogP contribution is -2.02. The molecule has 2 aromatic rings. The molecule has 0 aliphatic heterocycles. The van der Waals surface area contributed by atoms with Crippen LogP contribution >= 0.6 is 0 Å². The number of aromatic nitrogens is 2. The fourth-order valence-corrected chi connectivity index (χ4v) is 2.46. The fourth-order valence-electron chi connectivity index (χ4n) is 2.46. The summed E-state index contributed by atoms with van der Waals surface area (Å²) >= 11 is 0. The topological polar surface area (TPSA) is 55.2 Å². The average Bonchev–Trinajstić information content (AvgIpc) is 2.61. The first-order valence-corrected chi connectivity index (χ1v) is 8.48. The van der Waals surface area contributed by atoms with E-state index in [-0.39, 0.29) is 0 Å². The summed E-state index contributed by atoms with van der Waals surface area (Å²) in [5.74, 6) is 1.31. The van der Waals surface area contributed by atoms with Crippen molar-refractivity contribution in [1.82, 2.24) is 9.97 Å². The zero-order valence-electron chi connectivity index (χ0n) is 14.0. The summed E-state index contributed by atoms with van der Waals surface area (Å²) < 4.78 is 5.67. The minimum absolute atomic E-state index is 0.496. The number of hydrogen-bond acceptors (Lipinski definition) is 4. The molecule has 4 nitrogen and oxygen atoms in total. The third kappa shape index (κ3) is 5.03. The van der Waals surface area contributed by atoms with Gasteiger partial charge in [-0.3, -0.25) is 0 Å². The molecule has 0 spiro atoms. The van der Waals surface area contributed by atoms with E-state index in [0.29, 0.717) is 24.6 Å². The Morgan fingerprint density at radius 2 is 1.78 bits per heavy atom.